The highest BCUT2D eigenvalue weighted by atomic mass is 16.7. The zero-order valence-corrected chi connectivity index (χ0v) is 18.1. The fourth-order valence-corrected chi connectivity index (χ4v) is 2.90. The Bertz CT molecular complexity index is 435. The van der Waals surface area contributed by atoms with E-state index in [1.54, 1.807) is 14.2 Å². The van der Waals surface area contributed by atoms with Crippen LogP contribution in [0.15, 0.2) is 34.9 Å². The van der Waals surface area contributed by atoms with E-state index in [0.717, 1.165) is 18.8 Å². The Morgan fingerprint density at radius 1 is 0.880 bits per heavy atom. The summed E-state index contributed by atoms with van der Waals surface area (Å²) in [5.74, 6) is 0.221. The van der Waals surface area contributed by atoms with Crippen LogP contribution in [0.3, 0.4) is 0 Å². The molecule has 0 heterocycles. The van der Waals surface area contributed by atoms with Gasteiger partial charge in [0.2, 0.25) is 0 Å². The van der Waals surface area contributed by atoms with E-state index >= 15 is 0 Å². The van der Waals surface area contributed by atoms with Gasteiger partial charge in [-0.2, -0.15) is 0 Å². The number of allylic oxidation sites excluding steroid dienone is 5. The number of hydrogen-bond donors (Lipinski definition) is 0. The molecule has 0 aromatic carbocycles. The molecule has 146 valence electrons. The van der Waals surface area contributed by atoms with Crippen LogP contribution < -0.4 is 0 Å². The van der Waals surface area contributed by atoms with Gasteiger partial charge in [-0.3, -0.25) is 0 Å². The van der Waals surface area contributed by atoms with Gasteiger partial charge in [0.15, 0.2) is 5.79 Å². The predicted octanol–water partition coefficient (Wildman–Crippen LogP) is 7.22. The Labute approximate surface area is 157 Å². The van der Waals surface area contributed by atoms with Crippen molar-refractivity contribution in [2.24, 2.45) is 5.92 Å². The van der Waals surface area contributed by atoms with Crippen LogP contribution in [0.4, 0.5) is 0 Å². The van der Waals surface area contributed by atoms with Crippen LogP contribution in [0.5, 0.6) is 0 Å². The summed E-state index contributed by atoms with van der Waals surface area (Å²) in [5.41, 5.74) is 4.26. The molecule has 0 saturated carbocycles. The summed E-state index contributed by atoms with van der Waals surface area (Å²) in [6.07, 6.45) is 15.4. The first kappa shape index (κ1) is 24.1. The maximum absolute atomic E-state index is 5.38. The maximum Gasteiger partial charge on any atom is 0.184 e. The largest absolute Gasteiger partial charge is 0.350 e. The minimum atomic E-state index is -0.607. The first-order chi connectivity index (χ1) is 11.7. The average Bonchev–Trinajstić information content (AvgIpc) is 2.54. The lowest BCUT2D eigenvalue weighted by Gasteiger charge is -2.23. The van der Waals surface area contributed by atoms with Gasteiger partial charge in [-0.1, -0.05) is 42.2 Å². The zero-order valence-electron chi connectivity index (χ0n) is 18.1. The van der Waals surface area contributed by atoms with Crippen LogP contribution >= 0.6 is 0 Å². The first-order valence-electron chi connectivity index (χ1n) is 9.80. The number of hydrogen-bond acceptors (Lipinski definition) is 2. The van der Waals surface area contributed by atoms with Crippen LogP contribution in [0.25, 0.3) is 0 Å². The Kier molecular flexibility index (Phi) is 12.9. The van der Waals surface area contributed by atoms with Crippen molar-refractivity contribution < 1.29 is 9.47 Å². The molecule has 0 aliphatic heterocycles. The SMILES string of the molecule is COC(C)(C=C(C)CCC=C(C)CCC[C@H](C)CCC=C(C)C)OC. The summed E-state index contributed by atoms with van der Waals surface area (Å²) in [7, 11) is 3.36. The summed E-state index contributed by atoms with van der Waals surface area (Å²) in [6, 6.07) is 0. The van der Waals surface area contributed by atoms with Crippen molar-refractivity contribution in [1.29, 1.82) is 0 Å². The molecule has 0 saturated heterocycles. The lowest BCUT2D eigenvalue weighted by Crippen LogP contribution is -2.27. The number of rotatable bonds is 13. The van der Waals surface area contributed by atoms with E-state index in [0.29, 0.717) is 0 Å². The topological polar surface area (TPSA) is 18.5 Å². The van der Waals surface area contributed by atoms with Gasteiger partial charge < -0.3 is 9.47 Å². The molecule has 0 amide bonds. The van der Waals surface area contributed by atoms with E-state index < -0.39 is 5.79 Å². The van der Waals surface area contributed by atoms with Gasteiger partial charge in [0.1, 0.15) is 0 Å². The normalized spacial score (nSPS) is 14.6. The zero-order chi connectivity index (χ0) is 19.3. The second kappa shape index (κ2) is 13.4. The van der Waals surface area contributed by atoms with Crippen molar-refractivity contribution in [3.8, 4) is 0 Å². The molecule has 0 rings (SSSR count). The molecule has 0 aromatic heterocycles. The molecule has 0 aromatic rings. The van der Waals surface area contributed by atoms with Gasteiger partial charge in [0.25, 0.3) is 0 Å². The van der Waals surface area contributed by atoms with Crippen molar-refractivity contribution in [3.63, 3.8) is 0 Å². The second-order valence-electron chi connectivity index (χ2n) is 7.86. The summed E-state index contributed by atoms with van der Waals surface area (Å²) >= 11 is 0. The molecule has 0 aliphatic carbocycles. The van der Waals surface area contributed by atoms with Crippen LogP contribution in [-0.4, -0.2) is 20.0 Å². The second-order valence-corrected chi connectivity index (χ2v) is 7.86. The molecule has 25 heavy (non-hydrogen) atoms. The molecule has 0 radical (unpaired) electrons. The predicted molar refractivity (Wildman–Crippen MR) is 111 cm³/mol. The third-order valence-electron chi connectivity index (χ3n) is 4.83. The molecule has 0 N–H and O–H groups in total. The molecule has 0 spiro atoms. The summed E-state index contributed by atoms with van der Waals surface area (Å²) in [4.78, 5) is 0. The van der Waals surface area contributed by atoms with E-state index in [4.69, 9.17) is 9.47 Å². The Balaban J connectivity index is 4.06. The van der Waals surface area contributed by atoms with Crippen molar-refractivity contribution in [3.05, 3.63) is 34.9 Å². The molecule has 1 atom stereocenters. The van der Waals surface area contributed by atoms with E-state index in [9.17, 15) is 0 Å². The minimum Gasteiger partial charge on any atom is -0.350 e. The first-order valence-corrected chi connectivity index (χ1v) is 9.80. The van der Waals surface area contributed by atoms with Crippen molar-refractivity contribution in [1.82, 2.24) is 0 Å². The van der Waals surface area contributed by atoms with Gasteiger partial charge >= 0.3 is 0 Å². The minimum absolute atomic E-state index is 0.607. The van der Waals surface area contributed by atoms with Crippen LogP contribution in [-0.2, 0) is 9.47 Å². The average molecular weight is 351 g/mol. The molecule has 2 heteroatoms. The number of methoxy groups -OCH3 is 2. The highest BCUT2D eigenvalue weighted by Gasteiger charge is 2.18. The fourth-order valence-electron chi connectivity index (χ4n) is 2.90. The molecule has 0 bridgehead atoms. The lowest BCUT2D eigenvalue weighted by molar-refractivity contribution is -0.156. The third-order valence-corrected chi connectivity index (χ3v) is 4.83. The molecule has 0 aliphatic rings. The standard InChI is InChI=1S/C23H42O2/c1-19(2)12-9-13-20(3)14-10-15-21(4)16-11-17-22(5)18-23(6,24-7)25-8/h12,16,18,20H,9-11,13-15,17H2,1-8H3/t20-/m1/s1. The molecular weight excluding hydrogens is 308 g/mol. The van der Waals surface area contributed by atoms with Crippen molar-refractivity contribution in [2.45, 2.75) is 92.3 Å². The summed E-state index contributed by atoms with van der Waals surface area (Å²) < 4.78 is 10.8. The van der Waals surface area contributed by atoms with Crippen molar-refractivity contribution >= 4 is 0 Å². The maximum atomic E-state index is 5.38. The smallest absolute Gasteiger partial charge is 0.184 e. The summed E-state index contributed by atoms with van der Waals surface area (Å²) in [5, 5.41) is 0. The Morgan fingerprint density at radius 2 is 1.52 bits per heavy atom. The third kappa shape index (κ3) is 13.1. The van der Waals surface area contributed by atoms with E-state index in [2.05, 4.69) is 52.8 Å². The van der Waals surface area contributed by atoms with Crippen LogP contribution in [0.2, 0.25) is 0 Å². The van der Waals surface area contributed by atoms with Crippen molar-refractivity contribution in [2.75, 3.05) is 14.2 Å². The highest BCUT2D eigenvalue weighted by Crippen LogP contribution is 2.19. The van der Waals surface area contributed by atoms with Gasteiger partial charge in [0, 0.05) is 14.2 Å². The monoisotopic (exact) mass is 350 g/mol. The van der Waals surface area contributed by atoms with E-state index in [1.807, 2.05) is 6.92 Å². The van der Waals surface area contributed by atoms with E-state index in [1.165, 1.54) is 48.8 Å². The lowest BCUT2D eigenvalue weighted by atomic mass is 9.96. The van der Waals surface area contributed by atoms with Gasteiger partial charge in [-0.25, -0.2) is 0 Å². The Hall–Kier alpha value is -0.860. The molecule has 0 unspecified atom stereocenters. The van der Waals surface area contributed by atoms with Crippen LogP contribution in [0.1, 0.15) is 86.5 Å². The quantitative estimate of drug-likeness (QED) is 0.258. The molecular formula is C23H42O2. The molecule has 2 nitrogen and oxygen atoms in total. The number of ether oxygens (including phenoxy) is 2. The van der Waals surface area contributed by atoms with Gasteiger partial charge in [-0.05, 0) is 85.1 Å². The highest BCUT2D eigenvalue weighted by molar-refractivity contribution is 5.07. The van der Waals surface area contributed by atoms with Gasteiger partial charge in [-0.15, -0.1) is 0 Å². The van der Waals surface area contributed by atoms with Gasteiger partial charge in [0.05, 0.1) is 0 Å². The van der Waals surface area contributed by atoms with Crippen LogP contribution in [0, 0.1) is 5.92 Å². The Morgan fingerprint density at radius 3 is 2.08 bits per heavy atom. The van der Waals surface area contributed by atoms with E-state index in [-0.39, 0.29) is 0 Å². The molecule has 0 fully saturated rings. The fraction of sp³-hybridized carbons (Fsp3) is 0.739. The summed E-state index contributed by atoms with van der Waals surface area (Å²) in [6.45, 7) is 13.1.